The fourth-order valence-electron chi connectivity index (χ4n) is 3.62. The van der Waals surface area contributed by atoms with Crippen LogP contribution in [0.15, 0.2) is 27.6 Å². The number of aryl methyl sites for hydroxylation is 2. The molecule has 0 amide bonds. The van der Waals surface area contributed by atoms with Crippen molar-refractivity contribution in [2.75, 3.05) is 26.2 Å². The van der Waals surface area contributed by atoms with Gasteiger partial charge in [-0.15, -0.1) is 0 Å². The van der Waals surface area contributed by atoms with Crippen LogP contribution in [-0.2, 0) is 36.0 Å². The zero-order valence-corrected chi connectivity index (χ0v) is 15.4. The zero-order chi connectivity index (χ0) is 18.1. The van der Waals surface area contributed by atoms with E-state index in [1.807, 2.05) is 12.1 Å². The topological polar surface area (TPSA) is 106 Å². The van der Waals surface area contributed by atoms with Gasteiger partial charge >= 0.3 is 0 Å². The second-order valence-corrected chi connectivity index (χ2v) is 8.71. The molecule has 1 fully saturated rings. The van der Waals surface area contributed by atoms with E-state index in [0.29, 0.717) is 49.3 Å². The Bertz CT molecular complexity index is 888. The van der Waals surface area contributed by atoms with E-state index in [1.165, 1.54) is 11.1 Å². The Morgan fingerprint density at radius 1 is 1.12 bits per heavy atom. The van der Waals surface area contributed by atoms with Gasteiger partial charge in [0.1, 0.15) is 0 Å². The average Bonchev–Trinajstić information content (AvgIpc) is 3.30. The lowest BCUT2D eigenvalue weighted by Crippen LogP contribution is -2.48. The Kier molecular flexibility index (Phi) is 4.78. The third-order valence-corrected chi connectivity index (χ3v) is 6.98. The number of rotatable bonds is 5. The van der Waals surface area contributed by atoms with Gasteiger partial charge in [0.05, 0.1) is 18.0 Å². The van der Waals surface area contributed by atoms with Crippen LogP contribution in [0.4, 0.5) is 0 Å². The SMILES string of the molecule is NCc1nc(CN2CCN(S(=O)(=O)c3ccc4c(c3)CCC4)CC2)no1. The molecule has 2 aliphatic rings. The van der Waals surface area contributed by atoms with Crippen molar-refractivity contribution in [3.8, 4) is 0 Å². The third kappa shape index (κ3) is 3.39. The minimum Gasteiger partial charge on any atom is -0.338 e. The molecular formula is C17H23N5O3S. The maximum atomic E-state index is 12.9. The molecular weight excluding hydrogens is 354 g/mol. The van der Waals surface area contributed by atoms with E-state index in [2.05, 4.69) is 15.0 Å². The number of hydrogen-bond acceptors (Lipinski definition) is 7. The molecule has 1 aromatic heterocycles. The van der Waals surface area contributed by atoms with Gasteiger partial charge in [-0.25, -0.2) is 8.42 Å². The zero-order valence-electron chi connectivity index (χ0n) is 14.6. The number of benzene rings is 1. The predicted molar refractivity (Wildman–Crippen MR) is 94.7 cm³/mol. The number of fused-ring (bicyclic) bond motifs is 1. The van der Waals surface area contributed by atoms with E-state index in [-0.39, 0.29) is 6.54 Å². The molecule has 2 N–H and O–H groups in total. The Hall–Kier alpha value is -1.81. The highest BCUT2D eigenvalue weighted by Gasteiger charge is 2.29. The van der Waals surface area contributed by atoms with Gasteiger partial charge in [-0.1, -0.05) is 11.2 Å². The van der Waals surface area contributed by atoms with E-state index >= 15 is 0 Å². The molecule has 140 valence electrons. The van der Waals surface area contributed by atoms with E-state index in [4.69, 9.17) is 10.3 Å². The van der Waals surface area contributed by atoms with Gasteiger partial charge in [-0.3, -0.25) is 4.90 Å². The fourth-order valence-corrected chi connectivity index (χ4v) is 5.10. The van der Waals surface area contributed by atoms with Crippen molar-refractivity contribution in [3.63, 3.8) is 0 Å². The molecule has 0 radical (unpaired) electrons. The van der Waals surface area contributed by atoms with E-state index in [1.54, 1.807) is 10.4 Å². The Morgan fingerprint density at radius 2 is 1.88 bits per heavy atom. The first-order valence-electron chi connectivity index (χ1n) is 8.92. The van der Waals surface area contributed by atoms with Gasteiger partial charge in [0.25, 0.3) is 0 Å². The van der Waals surface area contributed by atoms with Crippen LogP contribution in [0.2, 0.25) is 0 Å². The summed E-state index contributed by atoms with van der Waals surface area (Å²) in [6.07, 6.45) is 3.14. The first-order chi connectivity index (χ1) is 12.6. The molecule has 1 aliphatic carbocycles. The largest absolute Gasteiger partial charge is 0.338 e. The van der Waals surface area contributed by atoms with Gasteiger partial charge in [0, 0.05) is 26.2 Å². The van der Waals surface area contributed by atoms with E-state index < -0.39 is 10.0 Å². The van der Waals surface area contributed by atoms with Crippen LogP contribution in [0.1, 0.15) is 29.3 Å². The lowest BCUT2D eigenvalue weighted by molar-refractivity contribution is 0.176. The fraction of sp³-hybridized carbons (Fsp3) is 0.529. The molecule has 1 aromatic carbocycles. The normalized spacial score (nSPS) is 19.0. The lowest BCUT2D eigenvalue weighted by atomic mass is 10.1. The quantitative estimate of drug-likeness (QED) is 0.810. The van der Waals surface area contributed by atoms with Crippen molar-refractivity contribution in [3.05, 3.63) is 41.0 Å². The van der Waals surface area contributed by atoms with Crippen molar-refractivity contribution in [2.45, 2.75) is 37.2 Å². The summed E-state index contributed by atoms with van der Waals surface area (Å²) >= 11 is 0. The molecule has 9 heteroatoms. The van der Waals surface area contributed by atoms with Crippen LogP contribution in [0.25, 0.3) is 0 Å². The molecule has 0 spiro atoms. The number of sulfonamides is 1. The Labute approximate surface area is 153 Å². The third-order valence-electron chi connectivity index (χ3n) is 5.09. The van der Waals surface area contributed by atoms with E-state index in [0.717, 1.165) is 19.3 Å². The minimum atomic E-state index is -3.44. The molecule has 0 unspecified atom stereocenters. The van der Waals surface area contributed by atoms with Crippen LogP contribution >= 0.6 is 0 Å². The van der Waals surface area contributed by atoms with Gasteiger partial charge in [0.2, 0.25) is 15.9 Å². The molecule has 1 aliphatic heterocycles. The van der Waals surface area contributed by atoms with Gasteiger partial charge in [0.15, 0.2) is 5.82 Å². The Balaban J connectivity index is 1.40. The van der Waals surface area contributed by atoms with Crippen molar-refractivity contribution in [2.24, 2.45) is 5.73 Å². The summed E-state index contributed by atoms with van der Waals surface area (Å²) < 4.78 is 32.5. The molecule has 0 bridgehead atoms. The first-order valence-corrected chi connectivity index (χ1v) is 10.4. The molecule has 26 heavy (non-hydrogen) atoms. The summed E-state index contributed by atoms with van der Waals surface area (Å²) in [5, 5.41) is 3.89. The van der Waals surface area contributed by atoms with Crippen LogP contribution in [0.5, 0.6) is 0 Å². The van der Waals surface area contributed by atoms with Gasteiger partial charge < -0.3 is 10.3 Å². The van der Waals surface area contributed by atoms with Crippen LogP contribution in [0.3, 0.4) is 0 Å². The highest BCUT2D eigenvalue weighted by atomic mass is 32.2. The van der Waals surface area contributed by atoms with Crippen LogP contribution < -0.4 is 5.73 Å². The first kappa shape index (κ1) is 17.6. The summed E-state index contributed by atoms with van der Waals surface area (Å²) in [5.74, 6) is 0.998. The molecule has 4 rings (SSSR count). The number of aromatic nitrogens is 2. The summed E-state index contributed by atoms with van der Waals surface area (Å²) in [6, 6.07) is 5.58. The highest BCUT2D eigenvalue weighted by Crippen LogP contribution is 2.26. The van der Waals surface area contributed by atoms with Gasteiger partial charge in [-0.05, 0) is 42.5 Å². The molecule has 2 heterocycles. The van der Waals surface area contributed by atoms with Crippen molar-refractivity contribution >= 4 is 10.0 Å². The number of nitrogens with zero attached hydrogens (tertiary/aromatic N) is 4. The predicted octanol–water partition coefficient (Wildman–Crippen LogP) is 0.524. The molecule has 0 atom stereocenters. The maximum Gasteiger partial charge on any atom is 0.243 e. The number of hydrogen-bond donors (Lipinski definition) is 1. The second-order valence-electron chi connectivity index (χ2n) is 6.77. The van der Waals surface area contributed by atoms with Crippen molar-refractivity contribution in [1.29, 1.82) is 0 Å². The monoisotopic (exact) mass is 377 g/mol. The lowest BCUT2D eigenvalue weighted by Gasteiger charge is -2.33. The van der Waals surface area contributed by atoms with E-state index in [9.17, 15) is 8.42 Å². The number of piperazine rings is 1. The van der Waals surface area contributed by atoms with Crippen LogP contribution in [0, 0.1) is 0 Å². The summed E-state index contributed by atoms with van der Waals surface area (Å²) in [5.41, 5.74) is 7.93. The molecule has 0 saturated carbocycles. The molecule has 8 nitrogen and oxygen atoms in total. The molecule has 2 aromatic rings. The van der Waals surface area contributed by atoms with Crippen LogP contribution in [-0.4, -0.2) is 53.9 Å². The summed E-state index contributed by atoms with van der Waals surface area (Å²) in [7, 11) is -3.44. The minimum absolute atomic E-state index is 0.222. The highest BCUT2D eigenvalue weighted by molar-refractivity contribution is 7.89. The average molecular weight is 377 g/mol. The van der Waals surface area contributed by atoms with Crippen molar-refractivity contribution < 1.29 is 12.9 Å². The standard InChI is InChI=1S/C17H23N5O3S/c18-11-17-19-16(20-25-17)12-21-6-8-22(9-7-21)26(23,24)15-5-4-13-2-1-3-14(13)10-15/h4-5,10H,1-3,6-9,11-12,18H2. The molecule has 1 saturated heterocycles. The Morgan fingerprint density at radius 3 is 2.62 bits per heavy atom. The second kappa shape index (κ2) is 7.07. The van der Waals surface area contributed by atoms with Crippen molar-refractivity contribution in [1.82, 2.24) is 19.3 Å². The summed E-state index contributed by atoms with van der Waals surface area (Å²) in [6.45, 7) is 2.95. The van der Waals surface area contributed by atoms with Gasteiger partial charge in [-0.2, -0.15) is 9.29 Å². The summed E-state index contributed by atoms with van der Waals surface area (Å²) in [4.78, 5) is 6.73. The maximum absolute atomic E-state index is 12.9. The number of nitrogens with two attached hydrogens (primary N) is 1. The smallest absolute Gasteiger partial charge is 0.243 e.